The second-order valence-electron chi connectivity index (χ2n) is 4.21. The van der Waals surface area contributed by atoms with Crippen molar-refractivity contribution >= 4 is 11.9 Å². The van der Waals surface area contributed by atoms with Crippen molar-refractivity contribution in [2.45, 2.75) is 26.4 Å². The number of carbonyl (C=O) groups is 2. The van der Waals surface area contributed by atoms with Gasteiger partial charge >= 0.3 is 11.9 Å². The Bertz CT molecular complexity index is 402. The molecule has 0 saturated heterocycles. The van der Waals surface area contributed by atoms with E-state index in [1.807, 2.05) is 37.3 Å². The lowest BCUT2D eigenvalue weighted by Gasteiger charge is -2.06. The summed E-state index contributed by atoms with van der Waals surface area (Å²) in [6.45, 7) is 2.11. The molecule has 110 valence electrons. The highest BCUT2D eigenvalue weighted by molar-refractivity contribution is 5.73. The Balaban J connectivity index is 2.07. The lowest BCUT2D eigenvalue weighted by Crippen LogP contribution is -2.18. The molecular formula is C15H20O5. The van der Waals surface area contributed by atoms with E-state index in [4.69, 9.17) is 14.2 Å². The Morgan fingerprint density at radius 3 is 2.30 bits per heavy atom. The van der Waals surface area contributed by atoms with Crippen molar-refractivity contribution < 1.29 is 23.8 Å². The minimum Gasteiger partial charge on any atom is -0.464 e. The molecule has 0 radical (unpaired) electrons. The second-order valence-corrected chi connectivity index (χ2v) is 4.21. The van der Waals surface area contributed by atoms with Gasteiger partial charge in [0.2, 0.25) is 0 Å². The van der Waals surface area contributed by atoms with E-state index in [-0.39, 0.29) is 19.8 Å². The molecule has 5 nitrogen and oxygen atoms in total. The average molecular weight is 280 g/mol. The van der Waals surface area contributed by atoms with E-state index in [9.17, 15) is 9.59 Å². The number of hydrogen-bond acceptors (Lipinski definition) is 5. The maximum absolute atomic E-state index is 11.4. The molecule has 0 spiro atoms. The monoisotopic (exact) mass is 280 g/mol. The normalized spacial score (nSPS) is 10.1. The van der Waals surface area contributed by atoms with Gasteiger partial charge in [-0.25, -0.2) is 9.59 Å². The molecule has 0 aliphatic heterocycles. The first-order chi connectivity index (χ1) is 9.72. The van der Waals surface area contributed by atoms with Crippen molar-refractivity contribution in [2.75, 3.05) is 19.8 Å². The first kappa shape index (κ1) is 16.2. The van der Waals surface area contributed by atoms with Crippen LogP contribution in [0, 0.1) is 0 Å². The summed E-state index contributed by atoms with van der Waals surface area (Å²) in [5.41, 5.74) is 0.903. The molecule has 0 bridgehead atoms. The Kier molecular flexibility index (Phi) is 8.07. The van der Waals surface area contributed by atoms with Gasteiger partial charge in [-0.2, -0.15) is 0 Å². The standard InChI is InChI=1S/C15H20O5/c1-2-3-9-19-14(16)11-18-12-15(17)20-10-13-7-5-4-6-8-13/h4-8H,2-3,9-12H2,1H3. The van der Waals surface area contributed by atoms with Gasteiger partial charge < -0.3 is 14.2 Å². The van der Waals surface area contributed by atoms with E-state index in [0.717, 1.165) is 18.4 Å². The van der Waals surface area contributed by atoms with Gasteiger partial charge in [0.15, 0.2) is 0 Å². The number of carbonyl (C=O) groups excluding carboxylic acids is 2. The minimum absolute atomic E-state index is 0.198. The van der Waals surface area contributed by atoms with Gasteiger partial charge in [-0.15, -0.1) is 0 Å². The largest absolute Gasteiger partial charge is 0.464 e. The third-order valence-corrected chi connectivity index (χ3v) is 2.44. The Labute approximate surface area is 118 Å². The molecule has 0 saturated carbocycles. The van der Waals surface area contributed by atoms with E-state index in [1.165, 1.54) is 0 Å². The SMILES string of the molecule is CCCCOC(=O)COCC(=O)OCc1ccccc1. The summed E-state index contributed by atoms with van der Waals surface area (Å²) in [4.78, 5) is 22.5. The molecule has 0 aromatic heterocycles. The lowest BCUT2D eigenvalue weighted by molar-refractivity contribution is -0.156. The summed E-state index contributed by atoms with van der Waals surface area (Å²) < 4.78 is 14.8. The van der Waals surface area contributed by atoms with E-state index >= 15 is 0 Å². The molecule has 0 N–H and O–H groups in total. The predicted octanol–water partition coefficient (Wildman–Crippen LogP) is 2.09. The molecule has 1 aromatic rings. The van der Waals surface area contributed by atoms with Crippen molar-refractivity contribution in [3.05, 3.63) is 35.9 Å². The smallest absolute Gasteiger partial charge is 0.332 e. The quantitative estimate of drug-likeness (QED) is 0.512. The number of hydrogen-bond donors (Lipinski definition) is 0. The topological polar surface area (TPSA) is 61.8 Å². The summed E-state index contributed by atoms with van der Waals surface area (Å²) >= 11 is 0. The highest BCUT2D eigenvalue weighted by atomic mass is 16.6. The Morgan fingerprint density at radius 1 is 1.00 bits per heavy atom. The fourth-order valence-corrected chi connectivity index (χ4v) is 1.37. The molecule has 0 aliphatic rings. The van der Waals surface area contributed by atoms with Crippen LogP contribution in [0.1, 0.15) is 25.3 Å². The van der Waals surface area contributed by atoms with Crippen molar-refractivity contribution in [2.24, 2.45) is 0 Å². The molecule has 20 heavy (non-hydrogen) atoms. The fraction of sp³-hybridized carbons (Fsp3) is 0.467. The van der Waals surface area contributed by atoms with Crippen LogP contribution in [0.4, 0.5) is 0 Å². The number of ether oxygens (including phenoxy) is 3. The van der Waals surface area contributed by atoms with Gasteiger partial charge in [0, 0.05) is 0 Å². The summed E-state index contributed by atoms with van der Waals surface area (Å²) in [5, 5.41) is 0. The molecule has 0 fully saturated rings. The van der Waals surface area contributed by atoms with Crippen LogP contribution < -0.4 is 0 Å². The first-order valence-corrected chi connectivity index (χ1v) is 6.65. The Morgan fingerprint density at radius 2 is 1.65 bits per heavy atom. The molecule has 0 amide bonds. The third-order valence-electron chi connectivity index (χ3n) is 2.44. The highest BCUT2D eigenvalue weighted by Crippen LogP contribution is 2.00. The van der Waals surface area contributed by atoms with Crippen LogP contribution >= 0.6 is 0 Å². The van der Waals surface area contributed by atoms with Gasteiger partial charge in [-0.3, -0.25) is 0 Å². The summed E-state index contributed by atoms with van der Waals surface area (Å²) in [6, 6.07) is 9.34. The minimum atomic E-state index is -0.504. The molecule has 1 rings (SSSR count). The van der Waals surface area contributed by atoms with E-state index in [1.54, 1.807) is 0 Å². The maximum Gasteiger partial charge on any atom is 0.332 e. The first-order valence-electron chi connectivity index (χ1n) is 6.65. The lowest BCUT2D eigenvalue weighted by atomic mass is 10.2. The van der Waals surface area contributed by atoms with E-state index in [2.05, 4.69) is 0 Å². The van der Waals surface area contributed by atoms with Crippen LogP contribution in [0.5, 0.6) is 0 Å². The Hall–Kier alpha value is -1.88. The second kappa shape index (κ2) is 9.97. The predicted molar refractivity (Wildman–Crippen MR) is 72.9 cm³/mol. The number of benzene rings is 1. The molecule has 0 aliphatic carbocycles. The molecular weight excluding hydrogens is 260 g/mol. The zero-order chi connectivity index (χ0) is 14.6. The van der Waals surface area contributed by atoms with Crippen molar-refractivity contribution in [1.82, 2.24) is 0 Å². The van der Waals surface area contributed by atoms with Crippen LogP contribution in [-0.4, -0.2) is 31.8 Å². The zero-order valence-corrected chi connectivity index (χ0v) is 11.7. The van der Waals surface area contributed by atoms with Gasteiger partial charge in [0.05, 0.1) is 6.61 Å². The average Bonchev–Trinajstić information content (AvgIpc) is 2.46. The number of esters is 2. The third kappa shape index (κ3) is 7.53. The molecule has 1 aromatic carbocycles. The number of unbranched alkanes of at least 4 members (excludes halogenated alkanes) is 1. The number of rotatable bonds is 9. The van der Waals surface area contributed by atoms with E-state index in [0.29, 0.717) is 6.61 Å². The molecule has 0 unspecified atom stereocenters. The van der Waals surface area contributed by atoms with Crippen molar-refractivity contribution in [3.8, 4) is 0 Å². The zero-order valence-electron chi connectivity index (χ0n) is 11.7. The van der Waals surface area contributed by atoms with Crippen molar-refractivity contribution in [3.63, 3.8) is 0 Å². The van der Waals surface area contributed by atoms with Gasteiger partial charge in [0.1, 0.15) is 19.8 Å². The van der Waals surface area contributed by atoms with Crippen LogP contribution in [0.25, 0.3) is 0 Å². The van der Waals surface area contributed by atoms with Crippen LogP contribution in [0.2, 0.25) is 0 Å². The summed E-state index contributed by atoms with van der Waals surface area (Å²) in [5.74, 6) is -0.968. The highest BCUT2D eigenvalue weighted by Gasteiger charge is 2.07. The van der Waals surface area contributed by atoms with Gasteiger partial charge in [-0.05, 0) is 12.0 Å². The summed E-state index contributed by atoms with van der Waals surface area (Å²) in [6.07, 6.45) is 1.78. The van der Waals surface area contributed by atoms with Crippen LogP contribution in [-0.2, 0) is 30.4 Å². The molecule has 5 heteroatoms. The van der Waals surface area contributed by atoms with Gasteiger partial charge in [-0.1, -0.05) is 43.7 Å². The van der Waals surface area contributed by atoms with Crippen molar-refractivity contribution in [1.29, 1.82) is 0 Å². The van der Waals surface area contributed by atoms with Crippen LogP contribution in [0.3, 0.4) is 0 Å². The van der Waals surface area contributed by atoms with Gasteiger partial charge in [0.25, 0.3) is 0 Å². The van der Waals surface area contributed by atoms with E-state index < -0.39 is 11.9 Å². The molecule has 0 atom stereocenters. The fourth-order valence-electron chi connectivity index (χ4n) is 1.37. The summed E-state index contributed by atoms with van der Waals surface area (Å²) in [7, 11) is 0. The van der Waals surface area contributed by atoms with Crippen LogP contribution in [0.15, 0.2) is 30.3 Å². The molecule has 0 heterocycles. The maximum atomic E-state index is 11.4.